The van der Waals surface area contributed by atoms with E-state index in [2.05, 4.69) is 20.9 Å². The van der Waals surface area contributed by atoms with Gasteiger partial charge in [0.15, 0.2) is 0 Å². The summed E-state index contributed by atoms with van der Waals surface area (Å²) in [6, 6.07) is 1.96. The minimum absolute atomic E-state index is 0.256. The zero-order valence-electron chi connectivity index (χ0n) is 7.90. The first kappa shape index (κ1) is 11.1. The van der Waals surface area contributed by atoms with Crippen LogP contribution in [-0.2, 0) is 11.3 Å². The first-order valence-corrected chi connectivity index (χ1v) is 4.93. The Morgan fingerprint density at radius 1 is 1.64 bits per heavy atom. The third-order valence-electron chi connectivity index (χ3n) is 1.64. The number of hydrogen-bond donors (Lipinski definition) is 1. The van der Waals surface area contributed by atoms with E-state index in [1.54, 1.807) is 12.4 Å². The third-order valence-corrected chi connectivity index (χ3v) is 2.07. The zero-order valence-corrected chi connectivity index (χ0v) is 9.49. The number of pyridine rings is 1. The van der Waals surface area contributed by atoms with Crippen LogP contribution < -0.4 is 5.73 Å². The Hall–Kier alpha value is -0.940. The molecule has 0 aliphatic carbocycles. The van der Waals surface area contributed by atoms with Gasteiger partial charge in [-0.1, -0.05) is 0 Å². The minimum atomic E-state index is -0.324. The van der Waals surface area contributed by atoms with Gasteiger partial charge in [-0.3, -0.25) is 14.7 Å². The predicted molar refractivity (Wildman–Crippen MR) is 57.5 cm³/mol. The van der Waals surface area contributed by atoms with Crippen LogP contribution in [0.5, 0.6) is 0 Å². The van der Waals surface area contributed by atoms with Crippen LogP contribution in [0, 0.1) is 0 Å². The van der Waals surface area contributed by atoms with Gasteiger partial charge in [0, 0.05) is 23.4 Å². The normalized spacial score (nSPS) is 10.5. The molecule has 5 heteroatoms. The highest BCUT2D eigenvalue weighted by atomic mass is 79.9. The summed E-state index contributed by atoms with van der Waals surface area (Å²) in [6.07, 6.45) is 3.49. The monoisotopic (exact) mass is 257 g/mol. The van der Waals surface area contributed by atoms with Crippen molar-refractivity contribution in [2.45, 2.75) is 6.54 Å². The molecule has 2 N–H and O–H groups in total. The molecule has 0 aromatic carbocycles. The fourth-order valence-electron chi connectivity index (χ4n) is 1.18. The first-order chi connectivity index (χ1) is 6.58. The van der Waals surface area contributed by atoms with Gasteiger partial charge in [-0.05, 0) is 34.6 Å². The standard InChI is InChI=1S/C9H12BrN3O/c1-13(6-9(11)14)5-7-2-8(10)4-12-3-7/h2-4H,5-6H2,1H3,(H2,11,14). The molecule has 0 saturated carbocycles. The molecule has 1 aromatic rings. The number of carbonyl (C=O) groups excluding carboxylic acids is 1. The largest absolute Gasteiger partial charge is 0.369 e. The number of amides is 1. The number of aromatic nitrogens is 1. The highest BCUT2D eigenvalue weighted by molar-refractivity contribution is 9.10. The third kappa shape index (κ3) is 3.85. The summed E-state index contributed by atoms with van der Waals surface area (Å²) in [7, 11) is 1.84. The Labute approximate surface area is 91.2 Å². The number of carbonyl (C=O) groups is 1. The van der Waals surface area contributed by atoms with Crippen LogP contribution in [-0.4, -0.2) is 29.4 Å². The maximum atomic E-state index is 10.6. The second-order valence-corrected chi connectivity index (χ2v) is 4.07. The molecule has 76 valence electrons. The number of nitrogens with zero attached hydrogens (tertiary/aromatic N) is 2. The lowest BCUT2D eigenvalue weighted by Crippen LogP contribution is -2.30. The molecule has 0 aliphatic heterocycles. The van der Waals surface area contributed by atoms with Crippen LogP contribution in [0.3, 0.4) is 0 Å². The van der Waals surface area contributed by atoms with Crippen LogP contribution in [0.2, 0.25) is 0 Å². The maximum absolute atomic E-state index is 10.6. The van der Waals surface area contributed by atoms with Crippen molar-refractivity contribution in [2.24, 2.45) is 5.73 Å². The van der Waals surface area contributed by atoms with Gasteiger partial charge in [0.1, 0.15) is 0 Å². The van der Waals surface area contributed by atoms with Gasteiger partial charge in [-0.25, -0.2) is 0 Å². The summed E-state index contributed by atoms with van der Waals surface area (Å²) in [5.74, 6) is -0.324. The summed E-state index contributed by atoms with van der Waals surface area (Å²) in [5.41, 5.74) is 6.12. The molecule has 0 unspecified atom stereocenters. The second kappa shape index (κ2) is 5.07. The van der Waals surface area contributed by atoms with E-state index in [-0.39, 0.29) is 12.5 Å². The van der Waals surface area contributed by atoms with E-state index in [1.807, 2.05) is 18.0 Å². The van der Waals surface area contributed by atoms with Gasteiger partial charge in [0.05, 0.1) is 6.54 Å². The highest BCUT2D eigenvalue weighted by Gasteiger charge is 2.03. The Morgan fingerprint density at radius 3 is 2.93 bits per heavy atom. The number of primary amides is 1. The lowest BCUT2D eigenvalue weighted by Gasteiger charge is -2.13. The van der Waals surface area contributed by atoms with Crippen molar-refractivity contribution in [1.82, 2.24) is 9.88 Å². The minimum Gasteiger partial charge on any atom is -0.369 e. The van der Waals surface area contributed by atoms with Gasteiger partial charge in [-0.15, -0.1) is 0 Å². The Morgan fingerprint density at radius 2 is 2.36 bits per heavy atom. The Kier molecular flexibility index (Phi) is 4.03. The molecule has 0 fully saturated rings. The molecule has 1 amide bonds. The molecule has 1 rings (SSSR count). The summed E-state index contributed by atoms with van der Waals surface area (Å²) in [6.45, 7) is 0.919. The number of nitrogens with two attached hydrogens (primary N) is 1. The smallest absolute Gasteiger partial charge is 0.231 e. The van der Waals surface area contributed by atoms with E-state index in [0.717, 1.165) is 10.0 Å². The van der Waals surface area contributed by atoms with E-state index in [0.29, 0.717) is 6.54 Å². The molecule has 0 saturated heterocycles. The first-order valence-electron chi connectivity index (χ1n) is 4.14. The highest BCUT2D eigenvalue weighted by Crippen LogP contribution is 2.10. The Bertz CT molecular complexity index is 330. The van der Waals surface area contributed by atoms with Gasteiger partial charge in [0.2, 0.25) is 5.91 Å². The van der Waals surface area contributed by atoms with E-state index >= 15 is 0 Å². The van der Waals surface area contributed by atoms with E-state index in [9.17, 15) is 4.79 Å². The Balaban J connectivity index is 2.55. The number of halogens is 1. The molecule has 4 nitrogen and oxygen atoms in total. The van der Waals surface area contributed by atoms with Crippen molar-refractivity contribution in [3.05, 3.63) is 28.5 Å². The summed E-state index contributed by atoms with van der Waals surface area (Å²) in [4.78, 5) is 16.5. The van der Waals surface area contributed by atoms with E-state index in [4.69, 9.17) is 5.73 Å². The van der Waals surface area contributed by atoms with E-state index in [1.165, 1.54) is 0 Å². The van der Waals surface area contributed by atoms with Crippen molar-refractivity contribution >= 4 is 21.8 Å². The quantitative estimate of drug-likeness (QED) is 0.867. The molecule has 14 heavy (non-hydrogen) atoms. The van der Waals surface area contributed by atoms with Crippen molar-refractivity contribution in [3.63, 3.8) is 0 Å². The van der Waals surface area contributed by atoms with Crippen molar-refractivity contribution in [2.75, 3.05) is 13.6 Å². The van der Waals surface area contributed by atoms with Crippen LogP contribution in [0.1, 0.15) is 5.56 Å². The van der Waals surface area contributed by atoms with Crippen molar-refractivity contribution in [1.29, 1.82) is 0 Å². The topological polar surface area (TPSA) is 59.2 Å². The van der Waals surface area contributed by atoms with Crippen molar-refractivity contribution in [3.8, 4) is 0 Å². The molecule has 0 radical (unpaired) electrons. The fraction of sp³-hybridized carbons (Fsp3) is 0.333. The number of likely N-dealkylation sites (N-methyl/N-ethyl adjacent to an activating group) is 1. The van der Waals surface area contributed by atoms with Gasteiger partial charge < -0.3 is 5.73 Å². The maximum Gasteiger partial charge on any atom is 0.231 e. The van der Waals surface area contributed by atoms with Gasteiger partial charge in [0.25, 0.3) is 0 Å². The van der Waals surface area contributed by atoms with E-state index < -0.39 is 0 Å². The van der Waals surface area contributed by atoms with Gasteiger partial charge >= 0.3 is 0 Å². The predicted octanol–water partition coefficient (Wildman–Crippen LogP) is 0.761. The van der Waals surface area contributed by atoms with Crippen LogP contribution in [0.15, 0.2) is 22.9 Å². The average molecular weight is 258 g/mol. The average Bonchev–Trinajstić information content (AvgIpc) is 2.01. The molecule has 0 bridgehead atoms. The van der Waals surface area contributed by atoms with Gasteiger partial charge in [-0.2, -0.15) is 0 Å². The van der Waals surface area contributed by atoms with Crippen molar-refractivity contribution < 1.29 is 4.79 Å². The SMILES string of the molecule is CN(CC(N)=O)Cc1cncc(Br)c1. The summed E-state index contributed by atoms with van der Waals surface area (Å²) >= 11 is 3.33. The molecule has 1 heterocycles. The molecule has 0 aliphatic rings. The fourth-order valence-corrected chi connectivity index (χ4v) is 1.59. The number of rotatable bonds is 4. The summed E-state index contributed by atoms with van der Waals surface area (Å²) < 4.78 is 0.933. The summed E-state index contributed by atoms with van der Waals surface area (Å²) in [5, 5.41) is 0. The van der Waals surface area contributed by atoms with Crippen LogP contribution in [0.25, 0.3) is 0 Å². The van der Waals surface area contributed by atoms with Crippen LogP contribution in [0.4, 0.5) is 0 Å². The van der Waals surface area contributed by atoms with Crippen LogP contribution >= 0.6 is 15.9 Å². The molecule has 1 aromatic heterocycles. The lowest BCUT2D eigenvalue weighted by molar-refractivity contribution is -0.118. The number of hydrogen-bond acceptors (Lipinski definition) is 3. The second-order valence-electron chi connectivity index (χ2n) is 3.15. The molecular weight excluding hydrogens is 246 g/mol. The zero-order chi connectivity index (χ0) is 10.6. The molecule has 0 atom stereocenters. The molecular formula is C9H12BrN3O. The molecule has 0 spiro atoms. The lowest BCUT2D eigenvalue weighted by atomic mass is 10.3.